The fourth-order valence-corrected chi connectivity index (χ4v) is 2.67. The van der Waals surface area contributed by atoms with Gasteiger partial charge in [0.15, 0.2) is 5.78 Å². The quantitative estimate of drug-likeness (QED) is 0.782. The third kappa shape index (κ3) is 2.18. The molecule has 1 aromatic carbocycles. The second-order valence-electron chi connectivity index (χ2n) is 5.86. The molecule has 100 valence electrons. The first-order valence-electron chi connectivity index (χ1n) is 7.16. The molecule has 0 spiro atoms. The van der Waals surface area contributed by atoms with Crippen molar-refractivity contribution in [3.05, 3.63) is 30.0 Å². The standard InChI is InChI=1S/C16H20N2O/c1-11(2)16(19)15-13-8-3-4-9-14(13)17-18(15)10-12-6-5-7-12/h3-4,8-9,11-12H,5-7,10H2,1-2H3. The summed E-state index contributed by atoms with van der Waals surface area (Å²) in [5.41, 5.74) is 1.74. The molecule has 1 aliphatic rings. The van der Waals surface area contributed by atoms with Crippen molar-refractivity contribution in [1.82, 2.24) is 9.78 Å². The number of carbonyl (C=O) groups excluding carboxylic acids is 1. The molecule has 1 heterocycles. The average molecular weight is 256 g/mol. The fourth-order valence-electron chi connectivity index (χ4n) is 2.67. The maximum absolute atomic E-state index is 12.5. The minimum absolute atomic E-state index is 0.0141. The average Bonchev–Trinajstić information content (AvgIpc) is 2.70. The third-order valence-corrected chi connectivity index (χ3v) is 4.06. The van der Waals surface area contributed by atoms with E-state index in [0.29, 0.717) is 5.92 Å². The summed E-state index contributed by atoms with van der Waals surface area (Å²) in [5, 5.41) is 5.63. The SMILES string of the molecule is CC(C)C(=O)c1c2ccccc2nn1CC1CCC1. The Morgan fingerprint density at radius 1 is 1.37 bits per heavy atom. The van der Waals surface area contributed by atoms with Crippen LogP contribution in [0.2, 0.25) is 0 Å². The van der Waals surface area contributed by atoms with E-state index in [4.69, 9.17) is 0 Å². The van der Waals surface area contributed by atoms with Gasteiger partial charge >= 0.3 is 0 Å². The summed E-state index contributed by atoms with van der Waals surface area (Å²) in [6, 6.07) is 7.96. The predicted octanol–water partition coefficient (Wildman–Crippen LogP) is 3.68. The smallest absolute Gasteiger partial charge is 0.184 e. The van der Waals surface area contributed by atoms with Crippen LogP contribution in [0.25, 0.3) is 10.9 Å². The van der Waals surface area contributed by atoms with Crippen LogP contribution in [0.1, 0.15) is 43.6 Å². The second-order valence-corrected chi connectivity index (χ2v) is 5.86. The zero-order valence-electron chi connectivity index (χ0n) is 11.6. The maximum Gasteiger partial charge on any atom is 0.184 e. The van der Waals surface area contributed by atoms with E-state index in [0.717, 1.165) is 23.1 Å². The van der Waals surface area contributed by atoms with Crippen molar-refractivity contribution in [2.24, 2.45) is 11.8 Å². The summed E-state index contributed by atoms with van der Waals surface area (Å²) in [4.78, 5) is 12.5. The van der Waals surface area contributed by atoms with Crippen LogP contribution in [0.3, 0.4) is 0 Å². The van der Waals surface area contributed by atoms with Crippen molar-refractivity contribution in [2.45, 2.75) is 39.7 Å². The molecule has 0 saturated heterocycles. The number of fused-ring (bicyclic) bond motifs is 1. The molecule has 19 heavy (non-hydrogen) atoms. The van der Waals surface area contributed by atoms with Crippen LogP contribution in [0.15, 0.2) is 24.3 Å². The van der Waals surface area contributed by atoms with E-state index >= 15 is 0 Å². The Labute approximate surface area is 113 Å². The van der Waals surface area contributed by atoms with Gasteiger partial charge in [-0.15, -0.1) is 0 Å². The fraction of sp³-hybridized carbons (Fsp3) is 0.500. The van der Waals surface area contributed by atoms with Gasteiger partial charge in [-0.2, -0.15) is 5.10 Å². The van der Waals surface area contributed by atoms with Gasteiger partial charge in [0, 0.05) is 17.8 Å². The van der Waals surface area contributed by atoms with Gasteiger partial charge in [-0.1, -0.05) is 38.5 Å². The molecule has 0 aliphatic heterocycles. The molecule has 0 unspecified atom stereocenters. The van der Waals surface area contributed by atoms with Gasteiger partial charge in [-0.05, 0) is 24.8 Å². The Kier molecular flexibility index (Phi) is 3.13. The summed E-state index contributed by atoms with van der Waals surface area (Å²) in [7, 11) is 0. The van der Waals surface area contributed by atoms with Crippen LogP contribution in [-0.2, 0) is 6.54 Å². The highest BCUT2D eigenvalue weighted by Crippen LogP contribution is 2.30. The topological polar surface area (TPSA) is 34.9 Å². The number of ketones is 1. The van der Waals surface area contributed by atoms with Crippen molar-refractivity contribution in [3.8, 4) is 0 Å². The minimum Gasteiger partial charge on any atom is -0.292 e. The molecule has 1 fully saturated rings. The normalized spacial score (nSPS) is 15.9. The number of aromatic nitrogens is 2. The molecule has 0 amide bonds. The van der Waals surface area contributed by atoms with E-state index in [1.165, 1.54) is 19.3 Å². The molecule has 0 radical (unpaired) electrons. The molecule has 1 aliphatic carbocycles. The van der Waals surface area contributed by atoms with Gasteiger partial charge in [0.1, 0.15) is 5.69 Å². The van der Waals surface area contributed by atoms with Gasteiger partial charge in [-0.25, -0.2) is 0 Å². The van der Waals surface area contributed by atoms with Crippen LogP contribution < -0.4 is 0 Å². The van der Waals surface area contributed by atoms with Gasteiger partial charge < -0.3 is 0 Å². The Bertz CT molecular complexity index is 608. The van der Waals surface area contributed by atoms with Crippen LogP contribution in [0.4, 0.5) is 0 Å². The highest BCUT2D eigenvalue weighted by molar-refractivity contribution is 6.07. The van der Waals surface area contributed by atoms with Crippen molar-refractivity contribution >= 4 is 16.7 Å². The largest absolute Gasteiger partial charge is 0.292 e. The first-order chi connectivity index (χ1) is 9.16. The molecule has 3 rings (SSSR count). The zero-order chi connectivity index (χ0) is 13.4. The molecule has 0 N–H and O–H groups in total. The molecule has 1 aromatic heterocycles. The molecule has 0 atom stereocenters. The van der Waals surface area contributed by atoms with Gasteiger partial charge in [0.2, 0.25) is 0 Å². The first-order valence-corrected chi connectivity index (χ1v) is 7.16. The lowest BCUT2D eigenvalue weighted by atomic mass is 9.85. The third-order valence-electron chi connectivity index (χ3n) is 4.06. The molecule has 1 saturated carbocycles. The van der Waals surface area contributed by atoms with E-state index in [9.17, 15) is 4.79 Å². The molecule has 3 heteroatoms. The summed E-state index contributed by atoms with van der Waals surface area (Å²) in [6.07, 6.45) is 3.86. The Morgan fingerprint density at radius 3 is 2.74 bits per heavy atom. The number of hydrogen-bond donors (Lipinski definition) is 0. The summed E-state index contributed by atoms with van der Waals surface area (Å²) in [5.74, 6) is 0.918. The number of hydrogen-bond acceptors (Lipinski definition) is 2. The second kappa shape index (κ2) is 4.80. The van der Waals surface area contributed by atoms with Crippen LogP contribution in [-0.4, -0.2) is 15.6 Å². The van der Waals surface area contributed by atoms with E-state index in [-0.39, 0.29) is 11.7 Å². The van der Waals surface area contributed by atoms with Gasteiger partial charge in [0.25, 0.3) is 0 Å². The molecule has 3 nitrogen and oxygen atoms in total. The Hall–Kier alpha value is -1.64. The zero-order valence-corrected chi connectivity index (χ0v) is 11.6. The summed E-state index contributed by atoms with van der Waals surface area (Å²) >= 11 is 0. The highest BCUT2D eigenvalue weighted by Gasteiger charge is 2.24. The predicted molar refractivity (Wildman–Crippen MR) is 76.2 cm³/mol. The maximum atomic E-state index is 12.5. The monoisotopic (exact) mass is 256 g/mol. The van der Waals surface area contributed by atoms with E-state index < -0.39 is 0 Å². The molecule has 2 aromatic rings. The van der Waals surface area contributed by atoms with Crippen molar-refractivity contribution in [1.29, 1.82) is 0 Å². The number of Topliss-reactive ketones (excluding diaryl/α,β-unsaturated/α-hetero) is 1. The van der Waals surface area contributed by atoms with Crippen LogP contribution in [0, 0.1) is 11.8 Å². The van der Waals surface area contributed by atoms with Crippen LogP contribution >= 0.6 is 0 Å². The minimum atomic E-state index is 0.0141. The summed E-state index contributed by atoms with van der Waals surface area (Å²) in [6.45, 7) is 4.80. The van der Waals surface area contributed by atoms with E-state index in [1.807, 2.05) is 42.8 Å². The molecular weight excluding hydrogens is 236 g/mol. The molecular formula is C16H20N2O. The van der Waals surface area contributed by atoms with Gasteiger partial charge in [0.05, 0.1) is 5.52 Å². The number of benzene rings is 1. The Morgan fingerprint density at radius 2 is 2.11 bits per heavy atom. The van der Waals surface area contributed by atoms with Crippen LogP contribution in [0.5, 0.6) is 0 Å². The first kappa shape index (κ1) is 12.4. The lowest BCUT2D eigenvalue weighted by Gasteiger charge is -2.25. The van der Waals surface area contributed by atoms with Crippen molar-refractivity contribution < 1.29 is 4.79 Å². The van der Waals surface area contributed by atoms with Crippen molar-refractivity contribution in [2.75, 3.05) is 0 Å². The number of carbonyl (C=O) groups is 1. The number of rotatable bonds is 4. The summed E-state index contributed by atoms with van der Waals surface area (Å²) < 4.78 is 1.96. The number of nitrogens with zero attached hydrogens (tertiary/aromatic N) is 2. The lowest BCUT2D eigenvalue weighted by Crippen LogP contribution is -2.23. The molecule has 0 bridgehead atoms. The van der Waals surface area contributed by atoms with E-state index in [1.54, 1.807) is 0 Å². The van der Waals surface area contributed by atoms with E-state index in [2.05, 4.69) is 5.10 Å². The van der Waals surface area contributed by atoms with Crippen molar-refractivity contribution in [3.63, 3.8) is 0 Å². The highest BCUT2D eigenvalue weighted by atomic mass is 16.1. The van der Waals surface area contributed by atoms with Gasteiger partial charge in [-0.3, -0.25) is 9.48 Å². The lowest BCUT2D eigenvalue weighted by molar-refractivity contribution is 0.0927. The Balaban J connectivity index is 2.07.